The second kappa shape index (κ2) is 5.44. The summed E-state index contributed by atoms with van der Waals surface area (Å²) in [5.41, 5.74) is 5.48. The summed E-state index contributed by atoms with van der Waals surface area (Å²) < 4.78 is 5.66. The lowest BCUT2D eigenvalue weighted by Gasteiger charge is -2.35. The monoisotopic (exact) mass is 315 g/mol. The first kappa shape index (κ1) is 13.4. The molecule has 2 aliphatic rings. The average Bonchev–Trinajstić information content (AvgIpc) is 3.02. The number of thioether (sulfide) groups is 1. The van der Waals surface area contributed by atoms with Crippen LogP contribution in [0.1, 0.15) is 0 Å². The Morgan fingerprint density at radius 1 is 1.50 bits per heavy atom. The number of anilines is 1. The molecule has 2 amide bonds. The highest BCUT2D eigenvalue weighted by Crippen LogP contribution is 2.24. The van der Waals surface area contributed by atoms with Crippen LogP contribution in [0, 0.1) is 0 Å². The van der Waals surface area contributed by atoms with Gasteiger partial charge in [0, 0.05) is 19.6 Å². The van der Waals surface area contributed by atoms with Gasteiger partial charge in [0.1, 0.15) is 6.61 Å². The summed E-state index contributed by atoms with van der Waals surface area (Å²) in [7, 11) is 0. The highest BCUT2D eigenvalue weighted by molar-refractivity contribution is 8.01. The number of ether oxygens (including phenoxy) is 1. The van der Waals surface area contributed by atoms with Crippen molar-refractivity contribution < 1.29 is 14.3 Å². The molecule has 8 nitrogen and oxygen atoms in total. The van der Waals surface area contributed by atoms with Crippen molar-refractivity contribution in [1.82, 2.24) is 20.0 Å². The first-order chi connectivity index (χ1) is 9.63. The number of carbonyl (C=O) groups is 2. The van der Waals surface area contributed by atoms with Crippen molar-refractivity contribution in [2.45, 2.75) is 10.4 Å². The van der Waals surface area contributed by atoms with Gasteiger partial charge in [0.15, 0.2) is 4.34 Å². The Kier molecular flexibility index (Phi) is 3.66. The molecule has 2 saturated heterocycles. The first-order valence-corrected chi connectivity index (χ1v) is 7.86. The predicted octanol–water partition coefficient (Wildman–Crippen LogP) is -0.125. The van der Waals surface area contributed by atoms with Crippen LogP contribution < -0.4 is 5.73 Å². The maximum absolute atomic E-state index is 12.1. The lowest BCUT2D eigenvalue weighted by Crippen LogP contribution is -2.54. The van der Waals surface area contributed by atoms with Gasteiger partial charge in [-0.1, -0.05) is 23.1 Å². The molecule has 1 aromatic rings. The Labute approximate surface area is 123 Å². The number of piperazine rings is 1. The van der Waals surface area contributed by atoms with Crippen molar-refractivity contribution in [3.05, 3.63) is 0 Å². The summed E-state index contributed by atoms with van der Waals surface area (Å²) in [5.74, 6) is 0.332. The molecule has 1 atom stereocenters. The van der Waals surface area contributed by atoms with Crippen LogP contribution >= 0.6 is 23.1 Å². The molecular formula is C10H13N5O3S2. The van der Waals surface area contributed by atoms with E-state index in [0.29, 0.717) is 41.5 Å². The molecule has 10 heteroatoms. The van der Waals surface area contributed by atoms with Gasteiger partial charge in [0.25, 0.3) is 0 Å². The van der Waals surface area contributed by atoms with E-state index in [1.54, 1.807) is 9.80 Å². The Morgan fingerprint density at radius 3 is 3.10 bits per heavy atom. The second-order valence-corrected chi connectivity index (χ2v) is 6.69. The van der Waals surface area contributed by atoms with E-state index in [1.807, 2.05) is 0 Å². The highest BCUT2D eigenvalue weighted by atomic mass is 32.2. The minimum Gasteiger partial charge on any atom is -0.447 e. The summed E-state index contributed by atoms with van der Waals surface area (Å²) >= 11 is 2.60. The van der Waals surface area contributed by atoms with E-state index in [2.05, 4.69) is 10.2 Å². The van der Waals surface area contributed by atoms with E-state index < -0.39 is 0 Å². The van der Waals surface area contributed by atoms with E-state index in [1.165, 1.54) is 23.1 Å². The lowest BCUT2D eigenvalue weighted by atomic mass is 10.2. The van der Waals surface area contributed by atoms with Gasteiger partial charge < -0.3 is 15.4 Å². The summed E-state index contributed by atoms with van der Waals surface area (Å²) in [6, 6.07) is -0.0117. The number of rotatable bonds is 3. The van der Waals surface area contributed by atoms with E-state index >= 15 is 0 Å². The number of fused-ring (bicyclic) bond motifs is 1. The van der Waals surface area contributed by atoms with Crippen LogP contribution in [0.4, 0.5) is 9.93 Å². The quantitative estimate of drug-likeness (QED) is 0.776. The Bertz CT molecular complexity index is 537. The highest BCUT2D eigenvalue weighted by Gasteiger charge is 2.38. The van der Waals surface area contributed by atoms with Crippen LogP contribution in [0.5, 0.6) is 0 Å². The molecule has 2 N–H and O–H groups in total. The molecule has 2 fully saturated rings. The standard InChI is InChI=1S/C10H13N5O3S2/c11-8-12-13-9(20-8)19-5-7(16)14-1-2-15-6(3-14)4-18-10(15)17/h6H,1-5H2,(H2,11,12). The molecule has 0 saturated carbocycles. The Balaban J connectivity index is 1.52. The summed E-state index contributed by atoms with van der Waals surface area (Å²) in [6.07, 6.45) is -0.277. The minimum absolute atomic E-state index is 0.0117. The SMILES string of the molecule is Nc1nnc(SCC(=O)N2CCN3C(=O)OCC3C2)s1. The third-order valence-electron chi connectivity index (χ3n) is 3.21. The van der Waals surface area contributed by atoms with Crippen LogP contribution in [0.2, 0.25) is 0 Å². The maximum Gasteiger partial charge on any atom is 0.410 e. The number of nitrogen functional groups attached to an aromatic ring is 1. The molecule has 2 aliphatic heterocycles. The van der Waals surface area contributed by atoms with Crippen molar-refractivity contribution in [2.75, 3.05) is 37.7 Å². The van der Waals surface area contributed by atoms with Crippen LogP contribution in [-0.2, 0) is 9.53 Å². The van der Waals surface area contributed by atoms with Crippen molar-refractivity contribution >= 4 is 40.2 Å². The average molecular weight is 315 g/mol. The predicted molar refractivity (Wildman–Crippen MR) is 73.5 cm³/mol. The maximum atomic E-state index is 12.1. The molecular weight excluding hydrogens is 302 g/mol. The zero-order valence-electron chi connectivity index (χ0n) is 10.5. The van der Waals surface area contributed by atoms with Crippen molar-refractivity contribution in [3.8, 4) is 0 Å². The zero-order valence-corrected chi connectivity index (χ0v) is 12.2. The van der Waals surface area contributed by atoms with Crippen LogP contribution in [-0.4, -0.2) is 70.0 Å². The minimum atomic E-state index is -0.277. The molecule has 1 aromatic heterocycles. The fraction of sp³-hybridized carbons (Fsp3) is 0.600. The fourth-order valence-corrected chi connectivity index (χ4v) is 3.75. The fourth-order valence-electron chi connectivity index (χ4n) is 2.21. The van der Waals surface area contributed by atoms with E-state index in [9.17, 15) is 9.59 Å². The van der Waals surface area contributed by atoms with E-state index in [4.69, 9.17) is 10.5 Å². The van der Waals surface area contributed by atoms with Gasteiger partial charge >= 0.3 is 6.09 Å². The van der Waals surface area contributed by atoms with Gasteiger partial charge in [0.2, 0.25) is 11.0 Å². The van der Waals surface area contributed by atoms with Crippen LogP contribution in [0.25, 0.3) is 0 Å². The third kappa shape index (κ3) is 2.66. The van der Waals surface area contributed by atoms with E-state index in [-0.39, 0.29) is 18.0 Å². The molecule has 0 aliphatic carbocycles. The summed E-state index contributed by atoms with van der Waals surface area (Å²) in [4.78, 5) is 27.0. The number of nitrogens with two attached hydrogens (primary N) is 1. The van der Waals surface area contributed by atoms with E-state index in [0.717, 1.165) is 0 Å². The Morgan fingerprint density at radius 2 is 2.35 bits per heavy atom. The van der Waals surface area contributed by atoms with Crippen molar-refractivity contribution in [3.63, 3.8) is 0 Å². The van der Waals surface area contributed by atoms with Gasteiger partial charge in [0.05, 0.1) is 11.8 Å². The van der Waals surface area contributed by atoms with Gasteiger partial charge in [-0.2, -0.15) is 0 Å². The lowest BCUT2D eigenvalue weighted by molar-refractivity contribution is -0.130. The smallest absolute Gasteiger partial charge is 0.410 e. The number of nitrogens with zero attached hydrogens (tertiary/aromatic N) is 4. The van der Waals surface area contributed by atoms with Crippen LogP contribution in [0.3, 0.4) is 0 Å². The second-order valence-electron chi connectivity index (χ2n) is 4.46. The summed E-state index contributed by atoms with van der Waals surface area (Å²) in [5, 5.41) is 7.96. The number of aromatic nitrogens is 2. The molecule has 0 spiro atoms. The van der Waals surface area contributed by atoms with Gasteiger partial charge in [-0.25, -0.2) is 4.79 Å². The largest absolute Gasteiger partial charge is 0.447 e. The number of hydrogen-bond acceptors (Lipinski definition) is 8. The Hall–Kier alpha value is -1.55. The number of carbonyl (C=O) groups excluding carboxylic acids is 2. The first-order valence-electron chi connectivity index (χ1n) is 6.06. The zero-order chi connectivity index (χ0) is 14.1. The van der Waals surface area contributed by atoms with Crippen LogP contribution in [0.15, 0.2) is 4.34 Å². The molecule has 108 valence electrons. The third-order valence-corrected chi connectivity index (χ3v) is 5.08. The molecule has 0 aromatic carbocycles. The van der Waals surface area contributed by atoms with Gasteiger partial charge in [-0.05, 0) is 0 Å². The molecule has 0 radical (unpaired) electrons. The number of cyclic esters (lactones) is 1. The van der Waals surface area contributed by atoms with Crippen molar-refractivity contribution in [2.24, 2.45) is 0 Å². The van der Waals surface area contributed by atoms with Gasteiger partial charge in [-0.15, -0.1) is 10.2 Å². The molecule has 3 heterocycles. The number of hydrogen-bond donors (Lipinski definition) is 1. The molecule has 20 heavy (non-hydrogen) atoms. The molecule has 0 bridgehead atoms. The molecule has 3 rings (SSSR count). The number of amides is 2. The van der Waals surface area contributed by atoms with Gasteiger partial charge in [-0.3, -0.25) is 9.69 Å². The molecule has 1 unspecified atom stereocenters. The van der Waals surface area contributed by atoms with Crippen molar-refractivity contribution in [1.29, 1.82) is 0 Å². The normalized spacial score (nSPS) is 21.8. The summed E-state index contributed by atoms with van der Waals surface area (Å²) in [6.45, 7) is 1.97. The topological polar surface area (TPSA) is 102 Å².